The highest BCUT2D eigenvalue weighted by atomic mass is 32.1. The summed E-state index contributed by atoms with van der Waals surface area (Å²) in [5.74, 6) is 0.665. The van der Waals surface area contributed by atoms with E-state index in [1.165, 1.54) is 11.3 Å². The molecule has 4 N–H and O–H groups in total. The summed E-state index contributed by atoms with van der Waals surface area (Å²) in [5, 5.41) is 2.84. The third-order valence-electron chi connectivity index (χ3n) is 3.63. The molecule has 4 aromatic rings. The van der Waals surface area contributed by atoms with Crippen molar-refractivity contribution in [3.05, 3.63) is 47.7 Å². The molecule has 7 heteroatoms. The Morgan fingerprint density at radius 1 is 1.17 bits per heavy atom. The second-order valence-electron chi connectivity index (χ2n) is 5.22. The number of hydrogen-bond acceptors (Lipinski definition) is 6. The molecule has 3 heterocycles. The predicted octanol–water partition coefficient (Wildman–Crippen LogP) is 2.99. The minimum absolute atomic E-state index is 0.664. The molecule has 0 spiro atoms. The van der Waals surface area contributed by atoms with Crippen LogP contribution >= 0.6 is 11.3 Å². The van der Waals surface area contributed by atoms with Gasteiger partial charge in [0.15, 0.2) is 0 Å². The summed E-state index contributed by atoms with van der Waals surface area (Å²) in [6.45, 7) is 1.96. The third-order valence-corrected chi connectivity index (χ3v) is 4.51. The number of thiazole rings is 1. The van der Waals surface area contributed by atoms with Crippen LogP contribution in [0.25, 0.3) is 27.7 Å². The first-order chi connectivity index (χ1) is 11.1. The monoisotopic (exact) mass is 322 g/mol. The normalized spacial score (nSPS) is 11.2. The van der Waals surface area contributed by atoms with Gasteiger partial charge in [-0.3, -0.25) is 4.40 Å². The summed E-state index contributed by atoms with van der Waals surface area (Å²) in [6, 6.07) is 7.31. The van der Waals surface area contributed by atoms with Gasteiger partial charge in [-0.2, -0.15) is 0 Å². The molecule has 1 aromatic carbocycles. The van der Waals surface area contributed by atoms with Gasteiger partial charge in [0.05, 0.1) is 11.4 Å². The molecule has 114 valence electrons. The largest absolute Gasteiger partial charge is 0.399 e. The molecule has 0 aliphatic heterocycles. The van der Waals surface area contributed by atoms with Crippen molar-refractivity contribution in [2.75, 3.05) is 11.5 Å². The average Bonchev–Trinajstić information content (AvgIpc) is 3.12. The van der Waals surface area contributed by atoms with E-state index in [9.17, 15) is 0 Å². The van der Waals surface area contributed by atoms with Gasteiger partial charge in [0.25, 0.3) is 0 Å². The van der Waals surface area contributed by atoms with Gasteiger partial charge in [-0.15, -0.1) is 11.3 Å². The van der Waals surface area contributed by atoms with Crippen molar-refractivity contribution in [2.24, 2.45) is 0 Å². The van der Waals surface area contributed by atoms with Crippen LogP contribution in [0.4, 0.5) is 11.4 Å². The van der Waals surface area contributed by atoms with Crippen LogP contribution in [0.15, 0.2) is 42.0 Å². The summed E-state index contributed by atoms with van der Waals surface area (Å²) < 4.78 is 1.94. The number of anilines is 2. The van der Waals surface area contributed by atoms with E-state index >= 15 is 0 Å². The highest BCUT2D eigenvalue weighted by molar-refractivity contribution is 7.13. The lowest BCUT2D eigenvalue weighted by Crippen LogP contribution is -1.93. The molecule has 0 aliphatic carbocycles. The van der Waals surface area contributed by atoms with Crippen molar-refractivity contribution >= 4 is 28.5 Å². The number of aryl methyl sites for hydroxylation is 1. The quantitative estimate of drug-likeness (QED) is 0.553. The lowest BCUT2D eigenvalue weighted by Gasteiger charge is -2.03. The Kier molecular flexibility index (Phi) is 3.02. The molecule has 23 heavy (non-hydrogen) atoms. The summed E-state index contributed by atoms with van der Waals surface area (Å²) in [5.41, 5.74) is 16.8. The first-order valence-electron chi connectivity index (χ1n) is 7.04. The van der Waals surface area contributed by atoms with Crippen molar-refractivity contribution in [1.29, 1.82) is 0 Å². The lowest BCUT2D eigenvalue weighted by atomic mass is 10.1. The van der Waals surface area contributed by atoms with Crippen molar-refractivity contribution in [3.63, 3.8) is 0 Å². The van der Waals surface area contributed by atoms with Crippen LogP contribution in [-0.2, 0) is 0 Å². The molecule has 0 saturated heterocycles. The van der Waals surface area contributed by atoms with E-state index in [1.807, 2.05) is 35.0 Å². The first kappa shape index (κ1) is 13.7. The predicted molar refractivity (Wildman–Crippen MR) is 93.1 cm³/mol. The van der Waals surface area contributed by atoms with Crippen molar-refractivity contribution in [3.8, 4) is 22.0 Å². The summed E-state index contributed by atoms with van der Waals surface area (Å²) >= 11 is 1.53. The van der Waals surface area contributed by atoms with Crippen LogP contribution in [0, 0.1) is 6.92 Å². The molecule has 6 nitrogen and oxygen atoms in total. The Labute approximate surface area is 136 Å². The zero-order valence-corrected chi connectivity index (χ0v) is 13.2. The minimum Gasteiger partial charge on any atom is -0.399 e. The fraction of sp³-hybridized carbons (Fsp3) is 0.0625. The number of fused-ring (bicyclic) bond motifs is 1. The van der Waals surface area contributed by atoms with E-state index in [4.69, 9.17) is 16.5 Å². The Morgan fingerprint density at radius 2 is 2.04 bits per heavy atom. The smallest absolute Gasteiger partial charge is 0.234 e. The van der Waals surface area contributed by atoms with Crippen LogP contribution in [0.5, 0.6) is 0 Å². The SMILES string of the molecule is Cc1nc2ncccn2c1-c1csc(-c2cc(N)ccc2N)n1. The molecule has 0 atom stereocenters. The average molecular weight is 322 g/mol. The van der Waals surface area contributed by atoms with E-state index in [-0.39, 0.29) is 0 Å². The summed E-state index contributed by atoms with van der Waals surface area (Å²) in [4.78, 5) is 13.5. The summed E-state index contributed by atoms with van der Waals surface area (Å²) in [7, 11) is 0. The molecule has 0 saturated carbocycles. The van der Waals surface area contributed by atoms with Gasteiger partial charge in [-0.25, -0.2) is 15.0 Å². The highest BCUT2D eigenvalue weighted by Crippen LogP contribution is 2.34. The molecule has 0 amide bonds. The van der Waals surface area contributed by atoms with Gasteiger partial charge in [0.1, 0.15) is 10.7 Å². The fourth-order valence-electron chi connectivity index (χ4n) is 2.57. The Hall–Kier alpha value is -2.93. The highest BCUT2D eigenvalue weighted by Gasteiger charge is 2.16. The number of nitrogens with two attached hydrogens (primary N) is 2. The van der Waals surface area contributed by atoms with Crippen molar-refractivity contribution in [2.45, 2.75) is 6.92 Å². The molecule has 3 aromatic heterocycles. The number of benzene rings is 1. The molecule has 0 unspecified atom stereocenters. The van der Waals surface area contributed by atoms with Gasteiger partial charge < -0.3 is 11.5 Å². The van der Waals surface area contributed by atoms with Crippen LogP contribution in [0.3, 0.4) is 0 Å². The topological polar surface area (TPSA) is 95.1 Å². The number of imidazole rings is 1. The van der Waals surface area contributed by atoms with Gasteiger partial charge in [-0.05, 0) is 31.2 Å². The maximum absolute atomic E-state index is 6.05. The van der Waals surface area contributed by atoms with Crippen molar-refractivity contribution in [1.82, 2.24) is 19.4 Å². The molecule has 4 rings (SSSR count). The zero-order valence-electron chi connectivity index (χ0n) is 12.4. The maximum atomic E-state index is 6.05. The number of hydrogen-bond donors (Lipinski definition) is 2. The van der Waals surface area contributed by atoms with Crippen LogP contribution in [0.1, 0.15) is 5.69 Å². The third kappa shape index (κ3) is 2.22. The number of nitrogens with zero attached hydrogens (tertiary/aromatic N) is 4. The molecule has 0 radical (unpaired) electrons. The molecular formula is C16H14N6S. The Morgan fingerprint density at radius 3 is 2.91 bits per heavy atom. The molecule has 0 bridgehead atoms. The molecule has 0 aliphatic rings. The van der Waals surface area contributed by atoms with E-state index in [0.717, 1.165) is 27.7 Å². The minimum atomic E-state index is 0.664. The Balaban J connectivity index is 1.87. The lowest BCUT2D eigenvalue weighted by molar-refractivity contribution is 1.11. The standard InChI is InChI=1S/C16H14N6S/c1-9-14(22-6-2-5-19-16(22)20-9)13-8-23-15(21-13)11-7-10(17)3-4-12(11)18/h2-8H,17-18H2,1H3. The zero-order chi connectivity index (χ0) is 16.0. The van der Waals surface area contributed by atoms with Crippen LogP contribution in [0.2, 0.25) is 0 Å². The second kappa shape index (κ2) is 5.06. The first-order valence-corrected chi connectivity index (χ1v) is 7.92. The van der Waals surface area contributed by atoms with Gasteiger partial charge >= 0.3 is 0 Å². The van der Waals surface area contributed by atoms with Crippen LogP contribution < -0.4 is 11.5 Å². The van der Waals surface area contributed by atoms with Gasteiger partial charge in [-0.1, -0.05) is 0 Å². The second-order valence-corrected chi connectivity index (χ2v) is 6.08. The summed E-state index contributed by atoms with van der Waals surface area (Å²) in [6.07, 6.45) is 3.66. The van der Waals surface area contributed by atoms with E-state index < -0.39 is 0 Å². The number of aromatic nitrogens is 4. The van der Waals surface area contributed by atoms with E-state index in [1.54, 1.807) is 18.3 Å². The van der Waals surface area contributed by atoms with E-state index in [0.29, 0.717) is 17.2 Å². The van der Waals surface area contributed by atoms with Gasteiger partial charge in [0, 0.05) is 34.7 Å². The maximum Gasteiger partial charge on any atom is 0.234 e. The molecule has 0 fully saturated rings. The van der Waals surface area contributed by atoms with Crippen LogP contribution in [-0.4, -0.2) is 19.4 Å². The van der Waals surface area contributed by atoms with Gasteiger partial charge in [0.2, 0.25) is 5.78 Å². The number of nitrogen functional groups attached to an aromatic ring is 2. The number of rotatable bonds is 2. The van der Waals surface area contributed by atoms with E-state index in [2.05, 4.69) is 9.97 Å². The fourth-order valence-corrected chi connectivity index (χ4v) is 3.41. The Bertz CT molecular complexity index is 1020. The molecular weight excluding hydrogens is 308 g/mol. The van der Waals surface area contributed by atoms with Crippen molar-refractivity contribution < 1.29 is 0 Å².